The summed E-state index contributed by atoms with van der Waals surface area (Å²) in [4.78, 5) is 11.1. The van der Waals surface area contributed by atoms with Gasteiger partial charge in [0.2, 0.25) is 5.91 Å². The van der Waals surface area contributed by atoms with Gasteiger partial charge in [-0.25, -0.2) is 0 Å². The average Bonchev–Trinajstić information content (AvgIpc) is 3.02. The summed E-state index contributed by atoms with van der Waals surface area (Å²) < 4.78 is 0. The molecule has 2 aliphatic rings. The molecule has 20 heavy (non-hydrogen) atoms. The normalized spacial score (nSPS) is 27.9. The molecule has 3 unspecified atom stereocenters. The first-order valence-electron chi connectivity index (χ1n) is 7.73. The SMILES string of the molecule is Cc1cc(C(N)=O)ccc1CNCC1CC2CCC1C2. The summed E-state index contributed by atoms with van der Waals surface area (Å²) in [6.45, 7) is 4.07. The van der Waals surface area contributed by atoms with Gasteiger partial charge in [0.25, 0.3) is 0 Å². The third kappa shape index (κ3) is 2.73. The zero-order valence-electron chi connectivity index (χ0n) is 12.2. The fraction of sp³-hybridized carbons (Fsp3) is 0.588. The highest BCUT2D eigenvalue weighted by Crippen LogP contribution is 2.47. The molecule has 0 heterocycles. The predicted molar refractivity (Wildman–Crippen MR) is 80.3 cm³/mol. The zero-order valence-corrected chi connectivity index (χ0v) is 12.2. The van der Waals surface area contributed by atoms with Crippen molar-refractivity contribution in [3.63, 3.8) is 0 Å². The fourth-order valence-electron chi connectivity index (χ4n) is 4.07. The van der Waals surface area contributed by atoms with E-state index in [0.717, 1.165) is 36.4 Å². The lowest BCUT2D eigenvalue weighted by molar-refractivity contribution is 0.1000. The molecule has 3 N–H and O–H groups in total. The largest absolute Gasteiger partial charge is 0.366 e. The summed E-state index contributed by atoms with van der Waals surface area (Å²) in [5, 5.41) is 3.60. The highest BCUT2D eigenvalue weighted by Gasteiger charge is 2.38. The van der Waals surface area contributed by atoms with Crippen LogP contribution in [-0.4, -0.2) is 12.5 Å². The molecule has 2 fully saturated rings. The van der Waals surface area contributed by atoms with Crippen molar-refractivity contribution in [2.75, 3.05) is 6.54 Å². The summed E-state index contributed by atoms with van der Waals surface area (Å²) in [5.74, 6) is 2.53. The Bertz CT molecular complexity index is 512. The molecule has 2 aliphatic carbocycles. The molecular weight excluding hydrogens is 248 g/mol. The van der Waals surface area contributed by atoms with Gasteiger partial charge in [0, 0.05) is 12.1 Å². The van der Waals surface area contributed by atoms with Crippen LogP contribution in [0.15, 0.2) is 18.2 Å². The molecule has 0 spiro atoms. The van der Waals surface area contributed by atoms with Gasteiger partial charge in [-0.05, 0) is 73.7 Å². The van der Waals surface area contributed by atoms with E-state index >= 15 is 0 Å². The Balaban J connectivity index is 1.52. The second-order valence-electron chi connectivity index (χ2n) is 6.57. The Morgan fingerprint density at radius 3 is 2.80 bits per heavy atom. The molecule has 0 aromatic heterocycles. The molecule has 1 aromatic rings. The van der Waals surface area contributed by atoms with Gasteiger partial charge in [-0.1, -0.05) is 12.5 Å². The maximum Gasteiger partial charge on any atom is 0.248 e. The predicted octanol–water partition coefficient (Wildman–Crippen LogP) is 2.62. The lowest BCUT2D eigenvalue weighted by Crippen LogP contribution is -2.26. The summed E-state index contributed by atoms with van der Waals surface area (Å²) in [6, 6.07) is 5.73. The van der Waals surface area contributed by atoms with Crippen molar-refractivity contribution in [1.82, 2.24) is 5.32 Å². The van der Waals surface area contributed by atoms with E-state index < -0.39 is 0 Å². The summed E-state index contributed by atoms with van der Waals surface area (Å²) >= 11 is 0. The first kappa shape index (κ1) is 13.6. The van der Waals surface area contributed by atoms with Crippen molar-refractivity contribution in [3.05, 3.63) is 34.9 Å². The minimum atomic E-state index is -0.352. The quantitative estimate of drug-likeness (QED) is 0.865. The summed E-state index contributed by atoms with van der Waals surface area (Å²) in [6.07, 6.45) is 5.81. The first-order chi connectivity index (χ1) is 9.63. The highest BCUT2D eigenvalue weighted by atomic mass is 16.1. The molecule has 1 amide bonds. The minimum absolute atomic E-state index is 0.352. The van der Waals surface area contributed by atoms with Crippen LogP contribution >= 0.6 is 0 Å². The van der Waals surface area contributed by atoms with E-state index in [-0.39, 0.29) is 5.91 Å². The Hall–Kier alpha value is -1.35. The Morgan fingerprint density at radius 2 is 2.20 bits per heavy atom. The molecule has 3 rings (SSSR count). The fourth-order valence-corrected chi connectivity index (χ4v) is 4.07. The minimum Gasteiger partial charge on any atom is -0.366 e. The van der Waals surface area contributed by atoms with Gasteiger partial charge in [-0.2, -0.15) is 0 Å². The Labute approximate surface area is 120 Å². The second-order valence-corrected chi connectivity index (χ2v) is 6.57. The van der Waals surface area contributed by atoms with Gasteiger partial charge in [0.05, 0.1) is 0 Å². The van der Waals surface area contributed by atoms with Crippen LogP contribution in [-0.2, 0) is 6.54 Å². The molecule has 3 atom stereocenters. The molecule has 3 heteroatoms. The number of fused-ring (bicyclic) bond motifs is 2. The van der Waals surface area contributed by atoms with E-state index in [9.17, 15) is 4.79 Å². The molecule has 1 aromatic carbocycles. The van der Waals surface area contributed by atoms with Crippen molar-refractivity contribution < 1.29 is 4.79 Å². The highest BCUT2D eigenvalue weighted by molar-refractivity contribution is 5.93. The van der Waals surface area contributed by atoms with E-state index in [0.29, 0.717) is 5.56 Å². The van der Waals surface area contributed by atoms with Crippen molar-refractivity contribution in [3.8, 4) is 0 Å². The third-order valence-corrected chi connectivity index (χ3v) is 5.23. The lowest BCUT2D eigenvalue weighted by Gasteiger charge is -2.22. The molecule has 2 saturated carbocycles. The van der Waals surface area contributed by atoms with Gasteiger partial charge in [-0.15, -0.1) is 0 Å². The Morgan fingerprint density at radius 1 is 1.35 bits per heavy atom. The number of hydrogen-bond donors (Lipinski definition) is 2. The maximum absolute atomic E-state index is 11.1. The Kier molecular flexibility index (Phi) is 3.79. The van der Waals surface area contributed by atoms with Crippen molar-refractivity contribution in [2.45, 2.75) is 39.2 Å². The number of nitrogens with two attached hydrogens (primary N) is 1. The number of aryl methyl sites for hydroxylation is 1. The van der Waals surface area contributed by atoms with Crippen LogP contribution in [0.5, 0.6) is 0 Å². The van der Waals surface area contributed by atoms with E-state index in [1.54, 1.807) is 0 Å². The number of hydrogen-bond acceptors (Lipinski definition) is 2. The van der Waals surface area contributed by atoms with Crippen molar-refractivity contribution in [2.24, 2.45) is 23.5 Å². The van der Waals surface area contributed by atoms with Crippen LogP contribution in [0.4, 0.5) is 0 Å². The smallest absolute Gasteiger partial charge is 0.248 e. The van der Waals surface area contributed by atoms with Gasteiger partial charge < -0.3 is 11.1 Å². The van der Waals surface area contributed by atoms with E-state index in [1.807, 2.05) is 25.1 Å². The lowest BCUT2D eigenvalue weighted by atomic mass is 9.89. The third-order valence-electron chi connectivity index (χ3n) is 5.23. The van der Waals surface area contributed by atoms with E-state index in [4.69, 9.17) is 5.73 Å². The van der Waals surface area contributed by atoms with E-state index in [1.165, 1.54) is 31.2 Å². The maximum atomic E-state index is 11.1. The molecular formula is C17H24N2O. The van der Waals surface area contributed by atoms with E-state index in [2.05, 4.69) is 5.32 Å². The number of carbonyl (C=O) groups is 1. The van der Waals surface area contributed by atoms with Gasteiger partial charge in [0.15, 0.2) is 0 Å². The molecule has 2 bridgehead atoms. The molecule has 0 aliphatic heterocycles. The van der Waals surface area contributed by atoms with Crippen LogP contribution in [0.3, 0.4) is 0 Å². The van der Waals surface area contributed by atoms with Crippen molar-refractivity contribution in [1.29, 1.82) is 0 Å². The number of nitrogens with one attached hydrogen (secondary N) is 1. The molecule has 0 radical (unpaired) electrons. The summed E-state index contributed by atoms with van der Waals surface area (Å²) in [7, 11) is 0. The number of benzene rings is 1. The van der Waals surface area contributed by atoms with Crippen molar-refractivity contribution >= 4 is 5.91 Å². The average molecular weight is 272 g/mol. The molecule has 0 saturated heterocycles. The number of primary amides is 1. The monoisotopic (exact) mass is 272 g/mol. The number of amides is 1. The first-order valence-corrected chi connectivity index (χ1v) is 7.73. The number of carbonyl (C=O) groups excluding carboxylic acids is 1. The van der Waals surface area contributed by atoms with Crippen LogP contribution in [0.25, 0.3) is 0 Å². The standard InChI is InChI=1S/C17H24N2O/c1-11-6-14(17(18)20)4-5-15(11)9-19-10-16-8-12-2-3-13(16)7-12/h4-6,12-13,16,19H,2-3,7-10H2,1H3,(H2,18,20). The van der Waals surface area contributed by atoms with Crippen LogP contribution in [0.2, 0.25) is 0 Å². The second kappa shape index (κ2) is 5.57. The van der Waals surface area contributed by atoms with Crippen LogP contribution in [0, 0.1) is 24.7 Å². The zero-order chi connectivity index (χ0) is 14.1. The number of rotatable bonds is 5. The van der Waals surface area contributed by atoms with Crippen LogP contribution in [0.1, 0.15) is 47.2 Å². The van der Waals surface area contributed by atoms with Gasteiger partial charge in [0.1, 0.15) is 0 Å². The topological polar surface area (TPSA) is 55.1 Å². The van der Waals surface area contributed by atoms with Crippen LogP contribution < -0.4 is 11.1 Å². The molecule has 108 valence electrons. The van der Waals surface area contributed by atoms with Gasteiger partial charge in [-0.3, -0.25) is 4.79 Å². The summed E-state index contributed by atoms with van der Waals surface area (Å²) in [5.41, 5.74) is 8.29. The van der Waals surface area contributed by atoms with Gasteiger partial charge >= 0.3 is 0 Å². The molecule has 3 nitrogen and oxygen atoms in total.